The molecular weight excluding hydrogens is 184 g/mol. The van der Waals surface area contributed by atoms with Gasteiger partial charge in [-0.3, -0.25) is 4.79 Å². The molecule has 80 valence electrons. The van der Waals surface area contributed by atoms with E-state index in [1.807, 2.05) is 0 Å². The quantitative estimate of drug-likeness (QED) is 0.342. The number of amides is 1. The zero-order chi connectivity index (χ0) is 11.0. The number of nitrogens with one attached hydrogen (secondary N) is 2. The number of esters is 1. The Hall–Kier alpha value is -1.36. The van der Waals surface area contributed by atoms with E-state index in [4.69, 9.17) is 0 Å². The topological polar surface area (TPSA) is 67.4 Å². The standard InChI is InChI=1S/C9H16N2O3/c1-4-5-10-6-8(12)11-7(2)9(13)14-3/h4,7,10H,1,5-6H2,2-3H3,(H,11,12)/t7-/m0/s1. The molecule has 0 aliphatic carbocycles. The Morgan fingerprint density at radius 2 is 2.21 bits per heavy atom. The number of hydrogen-bond acceptors (Lipinski definition) is 4. The molecule has 2 N–H and O–H groups in total. The summed E-state index contributed by atoms with van der Waals surface area (Å²) in [5.41, 5.74) is 0. The fourth-order valence-corrected chi connectivity index (χ4v) is 0.816. The second-order valence-electron chi connectivity index (χ2n) is 2.73. The summed E-state index contributed by atoms with van der Waals surface area (Å²) in [4.78, 5) is 22.0. The van der Waals surface area contributed by atoms with Gasteiger partial charge in [-0.25, -0.2) is 4.79 Å². The molecule has 0 saturated heterocycles. The maximum absolute atomic E-state index is 11.1. The molecule has 0 aromatic carbocycles. The van der Waals surface area contributed by atoms with Crippen LogP contribution in [0.2, 0.25) is 0 Å². The van der Waals surface area contributed by atoms with Gasteiger partial charge in [0.1, 0.15) is 6.04 Å². The minimum Gasteiger partial charge on any atom is -0.467 e. The van der Waals surface area contributed by atoms with Gasteiger partial charge in [0.15, 0.2) is 0 Å². The lowest BCUT2D eigenvalue weighted by molar-refractivity contribution is -0.144. The summed E-state index contributed by atoms with van der Waals surface area (Å²) < 4.78 is 4.45. The van der Waals surface area contributed by atoms with Crippen molar-refractivity contribution in [1.82, 2.24) is 10.6 Å². The SMILES string of the molecule is C=CCNCC(=O)N[C@@H](C)C(=O)OC. The molecule has 1 amide bonds. The van der Waals surface area contributed by atoms with Gasteiger partial charge in [0.2, 0.25) is 5.91 Å². The molecule has 1 atom stereocenters. The van der Waals surface area contributed by atoms with E-state index < -0.39 is 12.0 Å². The van der Waals surface area contributed by atoms with Gasteiger partial charge in [-0.05, 0) is 6.92 Å². The molecule has 0 saturated carbocycles. The van der Waals surface area contributed by atoms with Crippen LogP contribution in [0.1, 0.15) is 6.92 Å². The number of methoxy groups -OCH3 is 1. The van der Waals surface area contributed by atoms with Crippen molar-refractivity contribution in [2.24, 2.45) is 0 Å². The molecule has 0 aromatic rings. The van der Waals surface area contributed by atoms with Gasteiger partial charge >= 0.3 is 5.97 Å². The summed E-state index contributed by atoms with van der Waals surface area (Å²) in [7, 11) is 1.28. The Morgan fingerprint density at radius 1 is 1.57 bits per heavy atom. The Bertz CT molecular complexity index is 216. The Balaban J connectivity index is 3.70. The lowest BCUT2D eigenvalue weighted by atomic mass is 10.3. The van der Waals surface area contributed by atoms with Crippen LogP contribution in [0.15, 0.2) is 12.7 Å². The molecule has 0 heterocycles. The molecule has 0 bridgehead atoms. The Morgan fingerprint density at radius 3 is 2.71 bits per heavy atom. The lowest BCUT2D eigenvalue weighted by Crippen LogP contribution is -2.43. The van der Waals surface area contributed by atoms with Crippen LogP contribution in [0.3, 0.4) is 0 Å². The first-order valence-electron chi connectivity index (χ1n) is 4.30. The molecule has 0 unspecified atom stereocenters. The third-order valence-electron chi connectivity index (χ3n) is 1.51. The van der Waals surface area contributed by atoms with Crippen LogP contribution < -0.4 is 10.6 Å². The minimum atomic E-state index is -0.613. The van der Waals surface area contributed by atoms with Gasteiger partial charge in [0, 0.05) is 6.54 Å². The van der Waals surface area contributed by atoms with Crippen LogP contribution >= 0.6 is 0 Å². The molecule has 0 rings (SSSR count). The summed E-state index contributed by atoms with van der Waals surface area (Å²) >= 11 is 0. The van der Waals surface area contributed by atoms with Crippen molar-refractivity contribution in [3.05, 3.63) is 12.7 Å². The molecular formula is C9H16N2O3. The zero-order valence-corrected chi connectivity index (χ0v) is 8.50. The van der Waals surface area contributed by atoms with Crippen molar-refractivity contribution in [3.8, 4) is 0 Å². The van der Waals surface area contributed by atoms with Crippen LogP contribution in [-0.4, -0.2) is 38.1 Å². The Kier molecular flexibility index (Phi) is 6.39. The molecule has 5 heteroatoms. The highest BCUT2D eigenvalue weighted by Crippen LogP contribution is 1.84. The van der Waals surface area contributed by atoms with Crippen molar-refractivity contribution in [2.75, 3.05) is 20.2 Å². The Labute approximate surface area is 83.5 Å². The molecule has 0 spiro atoms. The fraction of sp³-hybridized carbons (Fsp3) is 0.556. The van der Waals surface area contributed by atoms with Gasteiger partial charge in [0.25, 0.3) is 0 Å². The van der Waals surface area contributed by atoms with Crippen LogP contribution in [0.5, 0.6) is 0 Å². The van der Waals surface area contributed by atoms with Crippen LogP contribution in [0, 0.1) is 0 Å². The van der Waals surface area contributed by atoms with E-state index >= 15 is 0 Å². The monoisotopic (exact) mass is 200 g/mol. The van der Waals surface area contributed by atoms with E-state index in [2.05, 4.69) is 21.9 Å². The van der Waals surface area contributed by atoms with Gasteiger partial charge in [0.05, 0.1) is 13.7 Å². The van der Waals surface area contributed by atoms with E-state index in [1.165, 1.54) is 7.11 Å². The van der Waals surface area contributed by atoms with Crippen LogP contribution in [0.25, 0.3) is 0 Å². The molecule has 0 aliphatic rings. The smallest absolute Gasteiger partial charge is 0.328 e. The highest BCUT2D eigenvalue weighted by molar-refractivity contribution is 5.85. The second kappa shape index (κ2) is 7.08. The van der Waals surface area contributed by atoms with Crippen molar-refractivity contribution in [3.63, 3.8) is 0 Å². The van der Waals surface area contributed by atoms with E-state index in [9.17, 15) is 9.59 Å². The molecule has 0 aromatic heterocycles. The van der Waals surface area contributed by atoms with Gasteiger partial charge in [-0.15, -0.1) is 6.58 Å². The average molecular weight is 200 g/mol. The van der Waals surface area contributed by atoms with Crippen LogP contribution in [-0.2, 0) is 14.3 Å². The number of hydrogen-bond donors (Lipinski definition) is 2. The predicted molar refractivity (Wildman–Crippen MR) is 52.7 cm³/mol. The predicted octanol–water partition coefficient (Wildman–Crippen LogP) is -0.560. The number of carbonyl (C=O) groups excluding carboxylic acids is 2. The molecule has 0 fully saturated rings. The summed E-state index contributed by atoms with van der Waals surface area (Å²) in [6.45, 7) is 5.77. The first-order chi connectivity index (χ1) is 6.61. The van der Waals surface area contributed by atoms with Crippen molar-refractivity contribution in [2.45, 2.75) is 13.0 Å². The van der Waals surface area contributed by atoms with Crippen molar-refractivity contribution < 1.29 is 14.3 Å². The zero-order valence-electron chi connectivity index (χ0n) is 8.50. The van der Waals surface area contributed by atoms with E-state index in [0.29, 0.717) is 6.54 Å². The van der Waals surface area contributed by atoms with Gasteiger partial charge in [-0.2, -0.15) is 0 Å². The van der Waals surface area contributed by atoms with Crippen LogP contribution in [0.4, 0.5) is 0 Å². The summed E-state index contributed by atoms with van der Waals surface area (Å²) in [5, 5.41) is 5.29. The highest BCUT2D eigenvalue weighted by atomic mass is 16.5. The van der Waals surface area contributed by atoms with Gasteiger partial charge in [-0.1, -0.05) is 6.08 Å². The van der Waals surface area contributed by atoms with Gasteiger partial charge < -0.3 is 15.4 Å². The molecule has 0 radical (unpaired) electrons. The summed E-state index contributed by atoms with van der Waals surface area (Å²) in [6.07, 6.45) is 1.65. The molecule has 14 heavy (non-hydrogen) atoms. The molecule has 5 nitrogen and oxygen atoms in total. The van der Waals surface area contributed by atoms with E-state index in [0.717, 1.165) is 0 Å². The second-order valence-corrected chi connectivity index (χ2v) is 2.73. The summed E-state index contributed by atoms with van der Waals surface area (Å²) in [5.74, 6) is -0.702. The average Bonchev–Trinajstić information content (AvgIpc) is 2.16. The maximum atomic E-state index is 11.1. The lowest BCUT2D eigenvalue weighted by Gasteiger charge is -2.11. The fourth-order valence-electron chi connectivity index (χ4n) is 0.816. The first-order valence-corrected chi connectivity index (χ1v) is 4.30. The largest absolute Gasteiger partial charge is 0.467 e. The summed E-state index contributed by atoms with van der Waals surface area (Å²) in [6, 6.07) is -0.613. The van der Waals surface area contributed by atoms with E-state index in [-0.39, 0.29) is 12.5 Å². The van der Waals surface area contributed by atoms with E-state index in [1.54, 1.807) is 13.0 Å². The maximum Gasteiger partial charge on any atom is 0.328 e. The number of carbonyl (C=O) groups is 2. The van der Waals surface area contributed by atoms with Crippen molar-refractivity contribution in [1.29, 1.82) is 0 Å². The number of ether oxygens (including phenoxy) is 1. The number of rotatable bonds is 6. The minimum absolute atomic E-state index is 0.160. The third-order valence-corrected chi connectivity index (χ3v) is 1.51. The first kappa shape index (κ1) is 12.6. The molecule has 0 aliphatic heterocycles. The normalized spacial score (nSPS) is 11.6. The van der Waals surface area contributed by atoms with Crippen molar-refractivity contribution >= 4 is 11.9 Å². The highest BCUT2D eigenvalue weighted by Gasteiger charge is 2.14. The third kappa shape index (κ3) is 5.31.